The van der Waals surface area contributed by atoms with Crippen LogP contribution in [0.1, 0.15) is 10.4 Å². The minimum atomic E-state index is 0.744. The van der Waals surface area contributed by atoms with Crippen molar-refractivity contribution in [3.8, 4) is 0 Å². The summed E-state index contributed by atoms with van der Waals surface area (Å²) in [5.74, 6) is 0.970. The molecular weight excluding hydrogens is 310 g/mol. The molecular formula is C15H18ClNOS2. The van der Waals surface area contributed by atoms with Crippen molar-refractivity contribution in [2.24, 2.45) is 0 Å². The number of hydrogen-bond donors (Lipinski definition) is 1. The Balaban J connectivity index is 1.82. The smallest absolute Gasteiger partial charge is 0.0931 e. The molecule has 0 bridgehead atoms. The van der Waals surface area contributed by atoms with E-state index in [4.69, 9.17) is 16.3 Å². The van der Waals surface area contributed by atoms with Crippen LogP contribution >= 0.6 is 34.7 Å². The van der Waals surface area contributed by atoms with E-state index in [2.05, 4.69) is 35.6 Å². The largest absolute Gasteiger partial charge is 0.383 e. The second kappa shape index (κ2) is 8.70. The van der Waals surface area contributed by atoms with Gasteiger partial charge in [0.2, 0.25) is 0 Å². The quantitative estimate of drug-likeness (QED) is 0.572. The lowest BCUT2D eigenvalue weighted by molar-refractivity contribution is 0.199. The SMILES string of the molecule is COCCNCc1cccc(SCc2ccc(Cl)s2)c1. The number of halogens is 1. The van der Waals surface area contributed by atoms with Gasteiger partial charge in [-0.25, -0.2) is 0 Å². The number of hydrogen-bond acceptors (Lipinski definition) is 4. The average molecular weight is 328 g/mol. The monoisotopic (exact) mass is 327 g/mol. The minimum Gasteiger partial charge on any atom is -0.383 e. The molecule has 2 nitrogen and oxygen atoms in total. The lowest BCUT2D eigenvalue weighted by Crippen LogP contribution is -2.18. The fraction of sp³-hybridized carbons (Fsp3) is 0.333. The molecule has 0 saturated carbocycles. The predicted molar refractivity (Wildman–Crippen MR) is 88.9 cm³/mol. The Labute approximate surface area is 133 Å². The molecule has 0 aliphatic heterocycles. The highest BCUT2D eigenvalue weighted by atomic mass is 35.5. The molecule has 1 aromatic carbocycles. The molecule has 0 aliphatic rings. The highest BCUT2D eigenvalue weighted by Gasteiger charge is 2.01. The predicted octanol–water partition coefficient (Wildman–Crippen LogP) is 4.43. The molecule has 5 heteroatoms. The van der Waals surface area contributed by atoms with Crippen LogP contribution in [0.5, 0.6) is 0 Å². The molecule has 1 aromatic heterocycles. The molecule has 108 valence electrons. The van der Waals surface area contributed by atoms with Gasteiger partial charge in [-0.05, 0) is 29.8 Å². The molecule has 0 aliphatic carbocycles. The van der Waals surface area contributed by atoms with Crippen molar-refractivity contribution >= 4 is 34.7 Å². The van der Waals surface area contributed by atoms with E-state index in [0.29, 0.717) is 0 Å². The average Bonchev–Trinajstić information content (AvgIpc) is 2.88. The van der Waals surface area contributed by atoms with Crippen molar-refractivity contribution in [1.82, 2.24) is 5.32 Å². The Morgan fingerprint density at radius 2 is 2.20 bits per heavy atom. The zero-order chi connectivity index (χ0) is 14.2. The minimum absolute atomic E-state index is 0.744. The van der Waals surface area contributed by atoms with Gasteiger partial charge in [0.15, 0.2) is 0 Å². The highest BCUT2D eigenvalue weighted by Crippen LogP contribution is 2.29. The normalized spacial score (nSPS) is 10.9. The van der Waals surface area contributed by atoms with Crippen molar-refractivity contribution < 1.29 is 4.74 Å². The Bertz CT molecular complexity index is 530. The number of methoxy groups -OCH3 is 1. The Morgan fingerprint density at radius 3 is 2.95 bits per heavy atom. The third-order valence-corrected chi connectivity index (χ3v) is 5.18. The summed E-state index contributed by atoms with van der Waals surface area (Å²) in [6, 6.07) is 12.7. The zero-order valence-corrected chi connectivity index (χ0v) is 13.8. The molecule has 0 saturated heterocycles. The van der Waals surface area contributed by atoms with E-state index in [1.54, 1.807) is 18.4 Å². The van der Waals surface area contributed by atoms with Crippen molar-refractivity contribution in [2.75, 3.05) is 20.3 Å². The summed E-state index contributed by atoms with van der Waals surface area (Å²) in [6.45, 7) is 2.50. The maximum atomic E-state index is 5.94. The number of ether oxygens (including phenoxy) is 1. The first-order chi connectivity index (χ1) is 9.78. The van der Waals surface area contributed by atoms with Crippen LogP contribution in [0.15, 0.2) is 41.3 Å². The lowest BCUT2D eigenvalue weighted by atomic mass is 10.2. The van der Waals surface area contributed by atoms with Gasteiger partial charge < -0.3 is 10.1 Å². The van der Waals surface area contributed by atoms with E-state index in [1.807, 2.05) is 17.8 Å². The molecule has 1 N–H and O–H groups in total. The van der Waals surface area contributed by atoms with E-state index in [9.17, 15) is 0 Å². The summed E-state index contributed by atoms with van der Waals surface area (Å²) in [7, 11) is 1.72. The summed E-state index contributed by atoms with van der Waals surface area (Å²) in [4.78, 5) is 2.60. The number of thioether (sulfide) groups is 1. The van der Waals surface area contributed by atoms with Gasteiger partial charge in [0, 0.05) is 35.7 Å². The molecule has 2 rings (SSSR count). The van der Waals surface area contributed by atoms with E-state index in [-0.39, 0.29) is 0 Å². The van der Waals surface area contributed by atoms with Crippen LogP contribution in [0.25, 0.3) is 0 Å². The topological polar surface area (TPSA) is 21.3 Å². The standard InChI is InChI=1S/C15H18ClNOS2/c1-18-8-7-17-10-12-3-2-4-13(9-12)19-11-14-5-6-15(16)20-14/h2-6,9,17H,7-8,10-11H2,1H3. The molecule has 0 fully saturated rings. The van der Waals surface area contributed by atoms with Crippen molar-refractivity contribution in [2.45, 2.75) is 17.2 Å². The fourth-order valence-corrected chi connectivity index (χ4v) is 3.85. The van der Waals surface area contributed by atoms with Crippen LogP contribution in [-0.4, -0.2) is 20.3 Å². The second-order valence-electron chi connectivity index (χ2n) is 4.31. The fourth-order valence-electron chi connectivity index (χ4n) is 1.74. The van der Waals surface area contributed by atoms with Gasteiger partial charge in [0.1, 0.15) is 0 Å². The third-order valence-electron chi connectivity index (χ3n) is 2.72. The van der Waals surface area contributed by atoms with E-state index < -0.39 is 0 Å². The second-order valence-corrected chi connectivity index (χ2v) is 7.16. The molecule has 0 atom stereocenters. The van der Waals surface area contributed by atoms with Gasteiger partial charge in [0.25, 0.3) is 0 Å². The van der Waals surface area contributed by atoms with Gasteiger partial charge >= 0.3 is 0 Å². The maximum absolute atomic E-state index is 5.94. The molecule has 20 heavy (non-hydrogen) atoms. The van der Waals surface area contributed by atoms with Crippen molar-refractivity contribution in [3.05, 3.63) is 51.2 Å². The summed E-state index contributed by atoms with van der Waals surface area (Å²) in [5.41, 5.74) is 1.30. The first-order valence-corrected chi connectivity index (χ1v) is 8.61. The number of rotatable bonds is 8. The van der Waals surface area contributed by atoms with E-state index in [1.165, 1.54) is 15.3 Å². The summed E-state index contributed by atoms with van der Waals surface area (Å²) >= 11 is 9.43. The highest BCUT2D eigenvalue weighted by molar-refractivity contribution is 7.98. The molecule has 0 amide bonds. The molecule has 0 radical (unpaired) electrons. The van der Waals surface area contributed by atoms with Crippen LogP contribution in [0.4, 0.5) is 0 Å². The van der Waals surface area contributed by atoms with E-state index >= 15 is 0 Å². The van der Waals surface area contributed by atoms with Gasteiger partial charge in [0.05, 0.1) is 10.9 Å². The molecule has 0 unspecified atom stereocenters. The van der Waals surface area contributed by atoms with Crippen LogP contribution < -0.4 is 5.32 Å². The van der Waals surface area contributed by atoms with Gasteiger partial charge in [-0.3, -0.25) is 0 Å². The van der Waals surface area contributed by atoms with Crippen molar-refractivity contribution in [1.29, 1.82) is 0 Å². The maximum Gasteiger partial charge on any atom is 0.0931 e. The first-order valence-electron chi connectivity index (χ1n) is 6.43. The van der Waals surface area contributed by atoms with Crippen LogP contribution in [0.3, 0.4) is 0 Å². The van der Waals surface area contributed by atoms with Gasteiger partial charge in [-0.1, -0.05) is 23.7 Å². The van der Waals surface area contributed by atoms with E-state index in [0.717, 1.165) is 29.8 Å². The summed E-state index contributed by atoms with van der Waals surface area (Å²) < 4.78 is 5.87. The zero-order valence-electron chi connectivity index (χ0n) is 11.4. The third kappa shape index (κ3) is 5.46. The molecule has 0 spiro atoms. The Kier molecular flexibility index (Phi) is 6.90. The Morgan fingerprint density at radius 1 is 1.30 bits per heavy atom. The van der Waals surface area contributed by atoms with Gasteiger partial charge in [-0.15, -0.1) is 23.1 Å². The lowest BCUT2D eigenvalue weighted by Gasteiger charge is -2.06. The number of nitrogens with one attached hydrogen (secondary N) is 1. The van der Waals surface area contributed by atoms with Crippen LogP contribution in [-0.2, 0) is 17.0 Å². The van der Waals surface area contributed by atoms with Crippen LogP contribution in [0, 0.1) is 0 Å². The number of benzene rings is 1. The molecule has 2 aromatic rings. The number of thiophene rings is 1. The van der Waals surface area contributed by atoms with Gasteiger partial charge in [-0.2, -0.15) is 0 Å². The molecule has 1 heterocycles. The summed E-state index contributed by atoms with van der Waals surface area (Å²) in [5, 5.41) is 3.36. The Hall–Kier alpha value is -0.520. The van der Waals surface area contributed by atoms with Crippen molar-refractivity contribution in [3.63, 3.8) is 0 Å². The van der Waals surface area contributed by atoms with Crippen LogP contribution in [0.2, 0.25) is 4.34 Å². The first kappa shape index (κ1) is 15.9. The summed E-state index contributed by atoms with van der Waals surface area (Å²) in [6.07, 6.45) is 0.